The molecule has 0 atom stereocenters. The van der Waals surface area contributed by atoms with E-state index >= 15 is 0 Å². The largest absolute Gasteiger partial charge is 0.447 e. The molecule has 0 bridgehead atoms. The molecule has 3 aliphatic rings. The van der Waals surface area contributed by atoms with Gasteiger partial charge in [0.25, 0.3) is 0 Å². The van der Waals surface area contributed by atoms with Gasteiger partial charge in [-0.15, -0.1) is 0 Å². The van der Waals surface area contributed by atoms with E-state index in [1.807, 2.05) is 19.9 Å². The second-order valence-electron chi connectivity index (χ2n) is 9.58. The first-order chi connectivity index (χ1) is 16.8. The fourth-order valence-corrected chi connectivity index (χ4v) is 4.59. The van der Waals surface area contributed by atoms with E-state index < -0.39 is 11.6 Å². The van der Waals surface area contributed by atoms with Crippen LogP contribution in [0.15, 0.2) is 23.9 Å². The fraction of sp³-hybridized carbons (Fsp3) is 0.600. The molecule has 35 heavy (non-hydrogen) atoms. The highest BCUT2D eigenvalue weighted by Crippen LogP contribution is 2.27. The highest BCUT2D eigenvalue weighted by Gasteiger charge is 2.26. The molecule has 0 spiro atoms. The van der Waals surface area contributed by atoms with E-state index in [0.717, 1.165) is 12.1 Å². The van der Waals surface area contributed by atoms with Crippen LogP contribution in [-0.4, -0.2) is 66.7 Å². The zero-order valence-electron chi connectivity index (χ0n) is 20.4. The number of hydrogen-bond donors (Lipinski definition) is 1. The van der Waals surface area contributed by atoms with Gasteiger partial charge in [-0.3, -0.25) is 15.1 Å². The Kier molecular flexibility index (Phi) is 8.10. The first-order valence-corrected chi connectivity index (χ1v) is 12.4. The first kappa shape index (κ1) is 25.2. The van der Waals surface area contributed by atoms with Crippen molar-refractivity contribution in [1.29, 1.82) is 0 Å². The highest BCUT2D eigenvalue weighted by molar-refractivity contribution is 5.78. The van der Waals surface area contributed by atoms with Gasteiger partial charge in [0.1, 0.15) is 11.6 Å². The van der Waals surface area contributed by atoms with E-state index in [2.05, 4.69) is 5.48 Å². The van der Waals surface area contributed by atoms with Crippen molar-refractivity contribution in [2.45, 2.75) is 64.7 Å². The molecule has 10 heteroatoms. The third-order valence-electron chi connectivity index (χ3n) is 6.59. The number of hydrogen-bond acceptors (Lipinski definition) is 6. The van der Waals surface area contributed by atoms with Gasteiger partial charge in [0.2, 0.25) is 5.91 Å². The van der Waals surface area contributed by atoms with Crippen LogP contribution in [0.5, 0.6) is 0 Å². The third-order valence-corrected chi connectivity index (χ3v) is 6.59. The molecular formula is C25H34F2N4O4. The standard InChI is InChI=1S/C25H34F2N4O4/c1-17(2)34-25(33)30-12-7-20(8-13-30)35-28-19-5-10-29(11-6-19)23-15-21(26)18(14-22(23)27)16-31-9-3-4-24(31)32/h5,14-15,17,20,28H,3-4,6-13,16H2,1-2H3. The summed E-state index contributed by atoms with van der Waals surface area (Å²) in [6, 6.07) is 2.44. The van der Waals surface area contributed by atoms with Gasteiger partial charge in [-0.25, -0.2) is 13.6 Å². The number of benzene rings is 1. The number of halogens is 2. The molecule has 0 radical (unpaired) electrons. The predicted octanol–water partition coefficient (Wildman–Crippen LogP) is 3.71. The molecule has 0 aliphatic carbocycles. The van der Waals surface area contributed by atoms with Crippen molar-refractivity contribution in [2.24, 2.45) is 0 Å². The number of amides is 2. The zero-order valence-corrected chi connectivity index (χ0v) is 20.4. The smallest absolute Gasteiger partial charge is 0.410 e. The Morgan fingerprint density at radius 2 is 1.89 bits per heavy atom. The summed E-state index contributed by atoms with van der Waals surface area (Å²) in [5.41, 5.74) is 4.33. The van der Waals surface area contributed by atoms with Crippen LogP contribution < -0.4 is 10.4 Å². The third kappa shape index (κ3) is 6.42. The van der Waals surface area contributed by atoms with Gasteiger partial charge in [0.15, 0.2) is 0 Å². The number of hydroxylamine groups is 1. The molecule has 1 aromatic carbocycles. The van der Waals surface area contributed by atoms with Gasteiger partial charge < -0.3 is 19.4 Å². The molecule has 0 saturated carbocycles. The highest BCUT2D eigenvalue weighted by atomic mass is 19.1. The quantitative estimate of drug-likeness (QED) is 0.585. The van der Waals surface area contributed by atoms with Crippen LogP contribution in [0.4, 0.5) is 19.3 Å². The van der Waals surface area contributed by atoms with Crippen LogP contribution in [0, 0.1) is 11.6 Å². The van der Waals surface area contributed by atoms with Gasteiger partial charge in [-0.2, -0.15) is 0 Å². The second kappa shape index (κ2) is 11.2. The minimum atomic E-state index is -0.499. The summed E-state index contributed by atoms with van der Waals surface area (Å²) < 4.78 is 34.8. The maximum absolute atomic E-state index is 14.8. The summed E-state index contributed by atoms with van der Waals surface area (Å²) in [6.07, 6.45) is 4.71. The molecule has 2 amide bonds. The van der Waals surface area contributed by atoms with E-state index in [0.29, 0.717) is 58.4 Å². The molecule has 8 nitrogen and oxygen atoms in total. The molecule has 0 unspecified atom stereocenters. The molecule has 2 saturated heterocycles. The number of carbonyl (C=O) groups is 2. The van der Waals surface area contributed by atoms with E-state index in [1.165, 1.54) is 12.1 Å². The number of ether oxygens (including phenoxy) is 1. The summed E-state index contributed by atoms with van der Waals surface area (Å²) in [6.45, 7) is 6.44. The van der Waals surface area contributed by atoms with E-state index in [4.69, 9.17) is 9.57 Å². The number of piperidine rings is 1. The van der Waals surface area contributed by atoms with Crippen LogP contribution in [0.3, 0.4) is 0 Å². The lowest BCUT2D eigenvalue weighted by atomic mass is 10.1. The Morgan fingerprint density at radius 1 is 1.11 bits per heavy atom. The molecule has 1 N–H and O–H groups in total. The van der Waals surface area contributed by atoms with Gasteiger partial charge >= 0.3 is 6.09 Å². The Bertz CT molecular complexity index is 963. The number of anilines is 1. The summed E-state index contributed by atoms with van der Waals surface area (Å²) in [5.74, 6) is -1.01. The fourth-order valence-electron chi connectivity index (χ4n) is 4.59. The predicted molar refractivity (Wildman–Crippen MR) is 126 cm³/mol. The molecule has 4 rings (SSSR count). The summed E-state index contributed by atoms with van der Waals surface area (Å²) in [4.78, 5) is 34.7. The number of likely N-dealkylation sites (tertiary alicyclic amines) is 2. The second-order valence-corrected chi connectivity index (χ2v) is 9.58. The van der Waals surface area contributed by atoms with E-state index in [1.54, 1.807) is 14.7 Å². The lowest BCUT2D eigenvalue weighted by Gasteiger charge is -2.33. The van der Waals surface area contributed by atoms with Crippen molar-refractivity contribution in [3.8, 4) is 0 Å². The lowest BCUT2D eigenvalue weighted by Crippen LogP contribution is -2.43. The zero-order chi connectivity index (χ0) is 24.9. The number of carbonyl (C=O) groups excluding carboxylic acids is 2. The van der Waals surface area contributed by atoms with Crippen LogP contribution in [0.25, 0.3) is 0 Å². The van der Waals surface area contributed by atoms with Gasteiger partial charge in [0, 0.05) is 69.4 Å². The summed E-state index contributed by atoms with van der Waals surface area (Å²) >= 11 is 0. The van der Waals surface area contributed by atoms with Gasteiger partial charge in [0.05, 0.1) is 17.9 Å². The van der Waals surface area contributed by atoms with Crippen LogP contribution in [0.2, 0.25) is 0 Å². The Balaban J connectivity index is 1.25. The lowest BCUT2D eigenvalue weighted by molar-refractivity contribution is -0.128. The van der Waals surface area contributed by atoms with Crippen LogP contribution in [-0.2, 0) is 20.9 Å². The Hall–Kier alpha value is -2.88. The monoisotopic (exact) mass is 492 g/mol. The normalized spacial score (nSPS) is 19.4. The molecule has 1 aromatic rings. The van der Waals surface area contributed by atoms with Crippen molar-refractivity contribution < 1.29 is 27.9 Å². The molecule has 3 heterocycles. The number of nitrogens with zero attached hydrogens (tertiary/aromatic N) is 3. The van der Waals surface area contributed by atoms with Gasteiger partial charge in [-0.05, 0) is 45.3 Å². The molecular weight excluding hydrogens is 458 g/mol. The summed E-state index contributed by atoms with van der Waals surface area (Å²) in [5, 5.41) is 0. The summed E-state index contributed by atoms with van der Waals surface area (Å²) in [7, 11) is 0. The molecule has 3 aliphatic heterocycles. The average molecular weight is 493 g/mol. The molecule has 192 valence electrons. The van der Waals surface area contributed by atoms with Crippen molar-refractivity contribution in [2.75, 3.05) is 37.6 Å². The SMILES string of the molecule is CC(C)OC(=O)N1CCC(ONC2=CCN(c3cc(F)c(CN4CCCC4=O)cc3F)CC2)CC1. The topological polar surface area (TPSA) is 74.3 Å². The van der Waals surface area contributed by atoms with E-state index in [9.17, 15) is 18.4 Å². The molecule has 0 aromatic heterocycles. The van der Waals surface area contributed by atoms with Crippen LogP contribution in [0.1, 0.15) is 51.5 Å². The minimum Gasteiger partial charge on any atom is -0.447 e. The van der Waals surface area contributed by atoms with E-state index in [-0.39, 0.29) is 42.0 Å². The van der Waals surface area contributed by atoms with Crippen molar-refractivity contribution in [3.05, 3.63) is 41.1 Å². The van der Waals surface area contributed by atoms with Gasteiger partial charge in [-0.1, -0.05) is 0 Å². The minimum absolute atomic E-state index is 0.0152. The first-order valence-electron chi connectivity index (χ1n) is 12.4. The molecule has 2 fully saturated rings. The number of nitrogens with one attached hydrogen (secondary N) is 1. The van der Waals surface area contributed by atoms with Crippen molar-refractivity contribution in [3.63, 3.8) is 0 Å². The maximum atomic E-state index is 14.8. The maximum Gasteiger partial charge on any atom is 0.410 e. The Labute approximate surface area is 204 Å². The van der Waals surface area contributed by atoms with Crippen LogP contribution >= 0.6 is 0 Å². The van der Waals surface area contributed by atoms with Crippen molar-refractivity contribution in [1.82, 2.24) is 15.3 Å². The Morgan fingerprint density at radius 3 is 2.51 bits per heavy atom. The number of rotatable bonds is 7. The van der Waals surface area contributed by atoms with Crippen molar-refractivity contribution >= 4 is 17.7 Å². The average Bonchev–Trinajstić information content (AvgIpc) is 3.24.